The summed E-state index contributed by atoms with van der Waals surface area (Å²) in [5, 5.41) is 3.16. The fraction of sp³-hybridized carbons (Fsp3) is 0.917. The maximum absolute atomic E-state index is 11.6. The van der Waals surface area contributed by atoms with Crippen LogP contribution < -0.4 is 5.32 Å². The lowest BCUT2D eigenvalue weighted by molar-refractivity contribution is -0.123. The fourth-order valence-corrected chi connectivity index (χ4v) is 1.84. The second-order valence-electron chi connectivity index (χ2n) is 4.84. The third-order valence-electron chi connectivity index (χ3n) is 3.17. The highest BCUT2D eigenvalue weighted by molar-refractivity contribution is 5.82. The normalized spacial score (nSPS) is 19.2. The summed E-state index contributed by atoms with van der Waals surface area (Å²) >= 11 is 0. The van der Waals surface area contributed by atoms with Crippen LogP contribution in [0.1, 0.15) is 13.8 Å². The predicted molar refractivity (Wildman–Crippen MR) is 66.7 cm³/mol. The van der Waals surface area contributed by atoms with Gasteiger partial charge in [-0.2, -0.15) is 0 Å². The Balaban J connectivity index is 2.19. The van der Waals surface area contributed by atoms with Gasteiger partial charge in [0.2, 0.25) is 0 Å². The summed E-state index contributed by atoms with van der Waals surface area (Å²) in [4.78, 5) is 16.3. The molecule has 1 heterocycles. The lowest BCUT2D eigenvalue weighted by atomic mass is 10.1. The largest absolute Gasteiger partial charge is 0.318 e. The van der Waals surface area contributed by atoms with Crippen molar-refractivity contribution in [3.63, 3.8) is 0 Å². The van der Waals surface area contributed by atoms with Crippen LogP contribution in [0.15, 0.2) is 0 Å². The maximum atomic E-state index is 11.6. The van der Waals surface area contributed by atoms with Gasteiger partial charge in [-0.1, -0.05) is 13.8 Å². The van der Waals surface area contributed by atoms with Crippen molar-refractivity contribution < 1.29 is 4.79 Å². The molecular weight excluding hydrogens is 202 g/mol. The molecular formula is C12H25N3O. The molecule has 1 N–H and O–H groups in total. The van der Waals surface area contributed by atoms with E-state index in [1.54, 1.807) is 0 Å². The first kappa shape index (κ1) is 13.6. The monoisotopic (exact) mass is 227 g/mol. The lowest BCUT2D eigenvalue weighted by Gasteiger charge is -2.34. The maximum Gasteiger partial charge on any atom is 0.149 e. The van der Waals surface area contributed by atoms with Crippen LogP contribution in [-0.2, 0) is 4.79 Å². The number of hydrogen-bond donors (Lipinski definition) is 1. The Kier molecular flexibility index (Phi) is 5.95. The average Bonchev–Trinajstić information content (AvgIpc) is 2.28. The molecule has 0 amide bonds. The topological polar surface area (TPSA) is 35.6 Å². The Morgan fingerprint density at radius 2 is 1.75 bits per heavy atom. The minimum atomic E-state index is 0.169. The first-order chi connectivity index (χ1) is 7.63. The molecule has 0 aromatic heterocycles. The van der Waals surface area contributed by atoms with E-state index in [4.69, 9.17) is 0 Å². The Labute approximate surface area is 99.0 Å². The summed E-state index contributed by atoms with van der Waals surface area (Å²) < 4.78 is 0. The number of carbonyl (C=O) groups excluding carboxylic acids is 1. The van der Waals surface area contributed by atoms with Crippen LogP contribution in [0.2, 0.25) is 0 Å². The van der Waals surface area contributed by atoms with Crippen molar-refractivity contribution in [2.75, 3.05) is 52.9 Å². The van der Waals surface area contributed by atoms with Crippen molar-refractivity contribution in [2.45, 2.75) is 13.8 Å². The molecule has 1 aliphatic rings. The van der Waals surface area contributed by atoms with E-state index in [2.05, 4.69) is 15.1 Å². The number of rotatable bonds is 6. The second kappa shape index (κ2) is 6.99. The Morgan fingerprint density at radius 1 is 1.19 bits per heavy atom. The number of ketones is 1. The summed E-state index contributed by atoms with van der Waals surface area (Å²) in [6.07, 6.45) is 0. The highest BCUT2D eigenvalue weighted by Crippen LogP contribution is 2.03. The van der Waals surface area contributed by atoms with E-state index in [-0.39, 0.29) is 5.92 Å². The van der Waals surface area contributed by atoms with Crippen molar-refractivity contribution in [3.8, 4) is 0 Å². The van der Waals surface area contributed by atoms with Gasteiger partial charge in [-0.05, 0) is 7.05 Å². The third kappa shape index (κ3) is 4.60. The molecule has 16 heavy (non-hydrogen) atoms. The van der Waals surface area contributed by atoms with Crippen LogP contribution >= 0.6 is 0 Å². The summed E-state index contributed by atoms with van der Waals surface area (Å²) in [5.41, 5.74) is 0. The zero-order valence-electron chi connectivity index (χ0n) is 10.8. The van der Waals surface area contributed by atoms with Gasteiger partial charge in [-0.3, -0.25) is 14.6 Å². The molecule has 1 aliphatic heterocycles. The van der Waals surface area contributed by atoms with E-state index in [0.717, 1.165) is 39.3 Å². The molecule has 0 saturated carbocycles. The molecule has 94 valence electrons. The van der Waals surface area contributed by atoms with Crippen LogP contribution in [0.4, 0.5) is 0 Å². The molecule has 0 radical (unpaired) electrons. The second-order valence-corrected chi connectivity index (χ2v) is 4.84. The van der Waals surface area contributed by atoms with Crippen LogP contribution in [-0.4, -0.2) is 68.4 Å². The van der Waals surface area contributed by atoms with Crippen LogP contribution in [0.5, 0.6) is 0 Å². The van der Waals surface area contributed by atoms with Gasteiger partial charge in [0.1, 0.15) is 5.78 Å². The molecule has 0 unspecified atom stereocenters. The number of carbonyl (C=O) groups is 1. The van der Waals surface area contributed by atoms with Gasteiger partial charge >= 0.3 is 0 Å². The van der Waals surface area contributed by atoms with E-state index in [0.29, 0.717) is 12.3 Å². The average molecular weight is 227 g/mol. The minimum absolute atomic E-state index is 0.169. The quantitative estimate of drug-likeness (QED) is 0.695. The molecule has 1 fully saturated rings. The van der Waals surface area contributed by atoms with Gasteiger partial charge in [-0.15, -0.1) is 0 Å². The number of nitrogens with one attached hydrogen (secondary N) is 1. The summed E-state index contributed by atoms with van der Waals surface area (Å²) in [6.45, 7) is 11.0. The van der Waals surface area contributed by atoms with Crippen molar-refractivity contribution >= 4 is 5.78 Å². The molecule has 1 saturated heterocycles. The van der Waals surface area contributed by atoms with E-state index in [9.17, 15) is 4.79 Å². The highest BCUT2D eigenvalue weighted by Gasteiger charge is 2.19. The van der Waals surface area contributed by atoms with Gasteiger partial charge in [0.15, 0.2) is 0 Å². The SMILES string of the molecule is CNCCN1CCN(CC(=O)C(C)C)CC1. The molecule has 4 heteroatoms. The molecule has 0 aliphatic carbocycles. The smallest absolute Gasteiger partial charge is 0.149 e. The molecule has 4 nitrogen and oxygen atoms in total. The molecule has 0 bridgehead atoms. The Hall–Kier alpha value is -0.450. The van der Waals surface area contributed by atoms with Crippen molar-refractivity contribution in [3.05, 3.63) is 0 Å². The fourth-order valence-electron chi connectivity index (χ4n) is 1.84. The molecule has 0 spiro atoms. The molecule has 1 rings (SSSR count). The Bertz CT molecular complexity index is 210. The first-order valence-electron chi connectivity index (χ1n) is 6.25. The van der Waals surface area contributed by atoms with Gasteiger partial charge < -0.3 is 5.32 Å². The number of hydrogen-bond acceptors (Lipinski definition) is 4. The highest BCUT2D eigenvalue weighted by atomic mass is 16.1. The van der Waals surface area contributed by atoms with E-state index in [1.165, 1.54) is 0 Å². The summed E-state index contributed by atoms with van der Waals surface area (Å²) in [7, 11) is 1.98. The van der Waals surface area contributed by atoms with Crippen molar-refractivity contribution in [1.82, 2.24) is 15.1 Å². The van der Waals surface area contributed by atoms with Crippen molar-refractivity contribution in [1.29, 1.82) is 0 Å². The zero-order valence-corrected chi connectivity index (χ0v) is 10.8. The van der Waals surface area contributed by atoms with Gasteiger partial charge in [0.05, 0.1) is 6.54 Å². The number of nitrogens with zero attached hydrogens (tertiary/aromatic N) is 2. The predicted octanol–water partition coefficient (Wildman–Crippen LogP) is 0.0485. The van der Waals surface area contributed by atoms with E-state index in [1.807, 2.05) is 20.9 Å². The van der Waals surface area contributed by atoms with Crippen LogP contribution in [0, 0.1) is 5.92 Å². The van der Waals surface area contributed by atoms with Crippen LogP contribution in [0.3, 0.4) is 0 Å². The number of Topliss-reactive ketones (excluding diaryl/α,β-unsaturated/α-hetero) is 1. The van der Waals surface area contributed by atoms with E-state index < -0.39 is 0 Å². The van der Waals surface area contributed by atoms with Gasteiger partial charge in [0.25, 0.3) is 0 Å². The summed E-state index contributed by atoms with van der Waals surface area (Å²) in [6, 6.07) is 0. The summed E-state index contributed by atoms with van der Waals surface area (Å²) in [5.74, 6) is 0.533. The van der Waals surface area contributed by atoms with Crippen molar-refractivity contribution in [2.24, 2.45) is 5.92 Å². The minimum Gasteiger partial charge on any atom is -0.318 e. The first-order valence-corrected chi connectivity index (χ1v) is 6.25. The standard InChI is InChI=1S/C12H25N3O/c1-11(2)12(16)10-15-8-6-14(7-9-15)5-4-13-3/h11,13H,4-10H2,1-3H3. The molecule has 0 atom stereocenters. The molecule has 0 aromatic carbocycles. The third-order valence-corrected chi connectivity index (χ3v) is 3.17. The number of piperazine rings is 1. The zero-order chi connectivity index (χ0) is 12.0. The Morgan fingerprint density at radius 3 is 2.25 bits per heavy atom. The molecule has 0 aromatic rings. The number of likely N-dealkylation sites (N-methyl/N-ethyl adjacent to an activating group) is 1. The lowest BCUT2D eigenvalue weighted by Crippen LogP contribution is -2.49. The van der Waals surface area contributed by atoms with Crippen LogP contribution in [0.25, 0.3) is 0 Å². The van der Waals surface area contributed by atoms with E-state index >= 15 is 0 Å². The van der Waals surface area contributed by atoms with Gasteiger partial charge in [-0.25, -0.2) is 0 Å². The van der Waals surface area contributed by atoms with Gasteiger partial charge in [0, 0.05) is 45.2 Å².